The Kier molecular flexibility index (Phi) is 1.97. The van der Waals surface area contributed by atoms with Gasteiger partial charge in [-0.25, -0.2) is 4.79 Å². The largest absolute Gasteiger partial charge is 0.445 e. The number of nitrogens with zero attached hydrogens (tertiary/aromatic N) is 3. The van der Waals surface area contributed by atoms with Gasteiger partial charge in [0.1, 0.15) is 5.51 Å². The Morgan fingerprint density at radius 2 is 2.62 bits per heavy atom. The van der Waals surface area contributed by atoms with Crippen LogP contribution in [0.1, 0.15) is 6.92 Å². The van der Waals surface area contributed by atoms with E-state index in [9.17, 15) is 4.79 Å². The molecule has 0 bridgehead atoms. The summed E-state index contributed by atoms with van der Waals surface area (Å²) in [7, 11) is 0. The highest BCUT2D eigenvalue weighted by Gasteiger charge is 2.12. The molecule has 7 heteroatoms. The topological polar surface area (TPSA) is 54.8 Å². The van der Waals surface area contributed by atoms with Gasteiger partial charge in [0.15, 0.2) is 0 Å². The molecule has 0 aliphatic rings. The fourth-order valence-electron chi connectivity index (χ4n) is 1.11. The van der Waals surface area contributed by atoms with Gasteiger partial charge >= 0.3 is 15.4 Å². The lowest BCUT2D eigenvalue weighted by Crippen LogP contribution is -2.37. The highest BCUT2D eigenvalue weighted by Crippen LogP contribution is 1.99. The Hall–Kier alpha value is -1.08. The molecule has 2 aromatic heterocycles. The highest BCUT2D eigenvalue weighted by atomic mass is 32.1. The molecule has 0 radical (unpaired) electrons. The van der Waals surface area contributed by atoms with Crippen LogP contribution in [0.5, 0.6) is 0 Å². The van der Waals surface area contributed by atoms with E-state index >= 15 is 0 Å². The van der Waals surface area contributed by atoms with E-state index in [1.54, 1.807) is 14.6 Å². The maximum absolute atomic E-state index is 11.4. The third-order valence-electron chi connectivity index (χ3n) is 1.70. The molecule has 0 saturated heterocycles. The van der Waals surface area contributed by atoms with Crippen LogP contribution in [0.25, 0.3) is 4.96 Å². The Morgan fingerprint density at radius 3 is 3.31 bits per heavy atom. The Bertz CT molecular complexity index is 551. The second-order valence-electron chi connectivity index (χ2n) is 2.41. The van der Waals surface area contributed by atoms with Crippen molar-refractivity contribution >= 4 is 28.5 Å². The van der Waals surface area contributed by atoms with Crippen molar-refractivity contribution in [3.05, 3.63) is 20.8 Å². The second-order valence-corrected chi connectivity index (χ2v) is 3.61. The van der Waals surface area contributed by atoms with E-state index in [4.69, 9.17) is 12.2 Å². The van der Waals surface area contributed by atoms with Gasteiger partial charge in [-0.3, -0.25) is 0 Å². The van der Waals surface area contributed by atoms with Crippen LogP contribution in [0, 0.1) is 4.77 Å². The number of aromatic amines is 1. The molecular formula is C6H7N4OS2+. The quantitative estimate of drug-likeness (QED) is 0.543. The standard InChI is InChI=1S/C6H6N4OS2/c1-2-9-4(11)8-5(12)10-6(9)13-3-7-10/h3H,2H2,1H3/p+1. The van der Waals surface area contributed by atoms with Gasteiger partial charge in [-0.2, -0.15) is 9.55 Å². The normalized spacial score (nSPS) is 10.8. The van der Waals surface area contributed by atoms with Gasteiger partial charge < -0.3 is 0 Å². The summed E-state index contributed by atoms with van der Waals surface area (Å²) in [5.74, 6) is 0. The Balaban J connectivity index is 3.06. The van der Waals surface area contributed by atoms with Gasteiger partial charge in [-0.05, 0) is 30.5 Å². The van der Waals surface area contributed by atoms with E-state index < -0.39 is 0 Å². The molecule has 2 rings (SSSR count). The van der Waals surface area contributed by atoms with Gasteiger partial charge in [0.25, 0.3) is 0 Å². The zero-order valence-electron chi connectivity index (χ0n) is 6.85. The van der Waals surface area contributed by atoms with E-state index in [2.05, 4.69) is 10.1 Å². The first kappa shape index (κ1) is 8.52. The first-order valence-electron chi connectivity index (χ1n) is 3.72. The van der Waals surface area contributed by atoms with Crippen molar-refractivity contribution in [2.75, 3.05) is 0 Å². The average molecular weight is 215 g/mol. The van der Waals surface area contributed by atoms with Crippen molar-refractivity contribution in [3.63, 3.8) is 0 Å². The van der Waals surface area contributed by atoms with Crippen LogP contribution < -0.4 is 10.2 Å². The molecule has 2 aromatic rings. The zero-order valence-corrected chi connectivity index (χ0v) is 8.48. The number of fused-ring (bicyclic) bond motifs is 1. The van der Waals surface area contributed by atoms with Gasteiger partial charge in [0, 0.05) is 0 Å². The molecule has 2 heterocycles. The van der Waals surface area contributed by atoms with Crippen LogP contribution >= 0.6 is 23.6 Å². The molecule has 1 N–H and O–H groups in total. The predicted molar refractivity (Wildman–Crippen MR) is 50.4 cm³/mol. The van der Waals surface area contributed by atoms with E-state index in [-0.39, 0.29) is 5.69 Å². The summed E-state index contributed by atoms with van der Waals surface area (Å²) in [6, 6.07) is 0. The highest BCUT2D eigenvalue weighted by molar-refractivity contribution is 7.71. The molecule has 0 aromatic carbocycles. The molecule has 0 unspecified atom stereocenters. The number of nitrogens with one attached hydrogen (secondary N) is 1. The molecular weight excluding hydrogens is 208 g/mol. The fraction of sp³-hybridized carbons (Fsp3) is 0.333. The molecule has 0 amide bonds. The average Bonchev–Trinajstić information content (AvgIpc) is 2.53. The third kappa shape index (κ3) is 1.20. The van der Waals surface area contributed by atoms with E-state index in [0.29, 0.717) is 11.3 Å². The number of hydrogen-bond donors (Lipinski definition) is 1. The summed E-state index contributed by atoms with van der Waals surface area (Å²) in [5.41, 5.74) is 1.47. The van der Waals surface area contributed by atoms with E-state index in [1.807, 2.05) is 6.92 Å². The van der Waals surface area contributed by atoms with Crippen molar-refractivity contribution < 1.29 is 4.52 Å². The SMILES string of the molecule is CCn1c(=O)[nH]c(=S)[n+]2ncsc12. The van der Waals surface area contributed by atoms with Crippen LogP contribution in [-0.2, 0) is 6.54 Å². The molecule has 0 fully saturated rings. The molecule has 13 heavy (non-hydrogen) atoms. The maximum Gasteiger partial charge on any atom is 0.445 e. The molecule has 68 valence electrons. The third-order valence-corrected chi connectivity index (χ3v) is 2.78. The van der Waals surface area contributed by atoms with Crippen molar-refractivity contribution in [1.29, 1.82) is 0 Å². The van der Waals surface area contributed by atoms with E-state index in [0.717, 1.165) is 4.96 Å². The summed E-state index contributed by atoms with van der Waals surface area (Å²) in [6.07, 6.45) is 0. The van der Waals surface area contributed by atoms with Crippen molar-refractivity contribution in [2.45, 2.75) is 13.5 Å². The Labute approximate surface area is 82.3 Å². The minimum absolute atomic E-state index is 0.184. The predicted octanol–water partition coefficient (Wildman–Crippen LogP) is 0.121. The minimum atomic E-state index is -0.184. The van der Waals surface area contributed by atoms with Gasteiger partial charge in [0.05, 0.1) is 6.54 Å². The monoisotopic (exact) mass is 215 g/mol. The lowest BCUT2D eigenvalue weighted by molar-refractivity contribution is -0.590. The molecule has 0 spiro atoms. The number of aryl methyl sites for hydroxylation is 1. The van der Waals surface area contributed by atoms with Crippen molar-refractivity contribution in [3.8, 4) is 0 Å². The molecule has 0 atom stereocenters. The lowest BCUT2D eigenvalue weighted by Gasteiger charge is -1.93. The summed E-state index contributed by atoms with van der Waals surface area (Å²) in [6.45, 7) is 2.51. The molecule has 5 nitrogen and oxygen atoms in total. The molecule has 0 saturated carbocycles. The summed E-state index contributed by atoms with van der Waals surface area (Å²) < 4.78 is 3.48. The van der Waals surface area contributed by atoms with E-state index in [1.165, 1.54) is 11.3 Å². The fourth-order valence-corrected chi connectivity index (χ4v) is 2.20. The Morgan fingerprint density at radius 1 is 1.85 bits per heavy atom. The van der Waals surface area contributed by atoms with Crippen LogP contribution in [0.15, 0.2) is 10.3 Å². The lowest BCUT2D eigenvalue weighted by atomic mass is 10.7. The molecule has 0 aliphatic heterocycles. The van der Waals surface area contributed by atoms with Crippen LogP contribution in [0.4, 0.5) is 0 Å². The summed E-state index contributed by atoms with van der Waals surface area (Å²) in [5, 5.41) is 4.01. The second kappa shape index (κ2) is 3.00. The summed E-state index contributed by atoms with van der Waals surface area (Å²) in [4.78, 5) is 14.7. The number of aromatic nitrogens is 4. The van der Waals surface area contributed by atoms with Crippen LogP contribution in [0.3, 0.4) is 0 Å². The number of rotatable bonds is 1. The van der Waals surface area contributed by atoms with Crippen molar-refractivity contribution in [1.82, 2.24) is 14.6 Å². The molecule has 0 aliphatic carbocycles. The number of hydrogen-bond acceptors (Lipinski definition) is 4. The zero-order chi connectivity index (χ0) is 9.42. The summed E-state index contributed by atoms with van der Waals surface area (Å²) >= 11 is 6.34. The minimum Gasteiger partial charge on any atom is -0.212 e. The van der Waals surface area contributed by atoms with Crippen LogP contribution in [0.2, 0.25) is 0 Å². The first-order chi connectivity index (χ1) is 6.24. The number of H-pyrrole nitrogens is 1. The van der Waals surface area contributed by atoms with Crippen molar-refractivity contribution in [2.24, 2.45) is 0 Å². The van der Waals surface area contributed by atoms with Gasteiger partial charge in [-0.15, -0.1) is 5.10 Å². The van der Waals surface area contributed by atoms with Gasteiger partial charge in [-0.1, -0.05) is 4.52 Å². The van der Waals surface area contributed by atoms with Gasteiger partial charge in [0.2, 0.25) is 0 Å². The smallest absolute Gasteiger partial charge is 0.212 e. The van der Waals surface area contributed by atoms with Crippen LogP contribution in [-0.4, -0.2) is 14.6 Å². The maximum atomic E-state index is 11.4. The first-order valence-corrected chi connectivity index (χ1v) is 5.01.